The molecule has 0 amide bonds. The summed E-state index contributed by atoms with van der Waals surface area (Å²) in [6, 6.07) is 12.4. The highest BCUT2D eigenvalue weighted by Crippen LogP contribution is 2.33. The van der Waals surface area contributed by atoms with Crippen molar-refractivity contribution in [2.45, 2.75) is 12.5 Å². The first-order valence-corrected chi connectivity index (χ1v) is 6.64. The SMILES string of the molecule is COc1ccc(C(C)(N)c2ccccc2Br)cc1F. The summed E-state index contributed by atoms with van der Waals surface area (Å²) in [7, 11) is 1.44. The van der Waals surface area contributed by atoms with Gasteiger partial charge >= 0.3 is 0 Å². The predicted octanol–water partition coefficient (Wildman–Crippen LogP) is 3.82. The zero-order valence-corrected chi connectivity index (χ0v) is 12.4. The van der Waals surface area contributed by atoms with Gasteiger partial charge in [-0.25, -0.2) is 4.39 Å². The molecule has 0 spiro atoms. The molecule has 0 bridgehead atoms. The van der Waals surface area contributed by atoms with Gasteiger partial charge in [-0.15, -0.1) is 0 Å². The smallest absolute Gasteiger partial charge is 0.165 e. The first-order valence-electron chi connectivity index (χ1n) is 5.84. The lowest BCUT2D eigenvalue weighted by Gasteiger charge is -2.27. The van der Waals surface area contributed by atoms with E-state index in [9.17, 15) is 4.39 Å². The number of hydrogen-bond acceptors (Lipinski definition) is 2. The Labute approximate surface area is 120 Å². The summed E-state index contributed by atoms with van der Waals surface area (Å²) in [5, 5.41) is 0. The van der Waals surface area contributed by atoms with Crippen molar-refractivity contribution in [2.75, 3.05) is 7.11 Å². The van der Waals surface area contributed by atoms with E-state index in [0.29, 0.717) is 5.56 Å². The van der Waals surface area contributed by atoms with Gasteiger partial charge < -0.3 is 10.5 Å². The molecule has 100 valence electrons. The third-order valence-electron chi connectivity index (χ3n) is 3.18. The molecule has 2 nitrogen and oxygen atoms in total. The summed E-state index contributed by atoms with van der Waals surface area (Å²) in [6.07, 6.45) is 0. The lowest BCUT2D eigenvalue weighted by molar-refractivity contribution is 0.385. The van der Waals surface area contributed by atoms with Crippen LogP contribution in [-0.4, -0.2) is 7.11 Å². The first kappa shape index (κ1) is 14.0. The molecule has 0 radical (unpaired) electrons. The Bertz CT molecular complexity index is 598. The average Bonchev–Trinajstić information content (AvgIpc) is 2.39. The van der Waals surface area contributed by atoms with E-state index in [0.717, 1.165) is 10.0 Å². The van der Waals surface area contributed by atoms with Crippen LogP contribution in [0, 0.1) is 5.82 Å². The monoisotopic (exact) mass is 323 g/mol. The molecule has 4 heteroatoms. The van der Waals surface area contributed by atoms with Crippen molar-refractivity contribution in [1.82, 2.24) is 0 Å². The molecule has 0 heterocycles. The van der Waals surface area contributed by atoms with Gasteiger partial charge in [-0.2, -0.15) is 0 Å². The zero-order chi connectivity index (χ0) is 14.0. The number of rotatable bonds is 3. The highest BCUT2D eigenvalue weighted by Gasteiger charge is 2.26. The fourth-order valence-corrected chi connectivity index (χ4v) is 2.72. The molecule has 0 aliphatic rings. The van der Waals surface area contributed by atoms with Gasteiger partial charge in [0.15, 0.2) is 11.6 Å². The molecule has 2 aromatic carbocycles. The maximum atomic E-state index is 13.8. The maximum Gasteiger partial charge on any atom is 0.165 e. The molecule has 0 aromatic heterocycles. The third-order valence-corrected chi connectivity index (χ3v) is 3.88. The normalized spacial score (nSPS) is 13.9. The lowest BCUT2D eigenvalue weighted by atomic mass is 9.85. The predicted molar refractivity (Wildman–Crippen MR) is 77.7 cm³/mol. The van der Waals surface area contributed by atoms with Crippen LogP contribution in [0.25, 0.3) is 0 Å². The topological polar surface area (TPSA) is 35.2 Å². The van der Waals surface area contributed by atoms with Crippen molar-refractivity contribution in [2.24, 2.45) is 5.73 Å². The highest BCUT2D eigenvalue weighted by molar-refractivity contribution is 9.10. The molecule has 0 aliphatic heterocycles. The number of benzene rings is 2. The second-order valence-electron chi connectivity index (χ2n) is 4.53. The van der Waals surface area contributed by atoms with Crippen LogP contribution < -0.4 is 10.5 Å². The molecule has 1 atom stereocenters. The minimum Gasteiger partial charge on any atom is -0.494 e. The summed E-state index contributed by atoms with van der Waals surface area (Å²) in [4.78, 5) is 0. The molecule has 2 aromatic rings. The second-order valence-corrected chi connectivity index (χ2v) is 5.39. The Hall–Kier alpha value is -1.39. The van der Waals surface area contributed by atoms with Crippen molar-refractivity contribution in [3.8, 4) is 5.75 Å². The number of halogens is 2. The van der Waals surface area contributed by atoms with Gasteiger partial charge in [0, 0.05) is 4.47 Å². The molecule has 0 saturated carbocycles. The molecular formula is C15H15BrFNO. The highest BCUT2D eigenvalue weighted by atomic mass is 79.9. The molecule has 0 aliphatic carbocycles. The largest absolute Gasteiger partial charge is 0.494 e. The molecular weight excluding hydrogens is 309 g/mol. The van der Waals surface area contributed by atoms with E-state index in [2.05, 4.69) is 15.9 Å². The van der Waals surface area contributed by atoms with E-state index in [1.807, 2.05) is 31.2 Å². The minimum atomic E-state index is -0.785. The van der Waals surface area contributed by atoms with Crippen molar-refractivity contribution in [3.63, 3.8) is 0 Å². The Morgan fingerprint density at radius 2 is 1.89 bits per heavy atom. The summed E-state index contributed by atoms with van der Waals surface area (Å²) >= 11 is 3.48. The fraction of sp³-hybridized carbons (Fsp3) is 0.200. The van der Waals surface area contributed by atoms with Crippen molar-refractivity contribution in [3.05, 3.63) is 63.9 Å². The summed E-state index contributed by atoms with van der Waals surface area (Å²) in [5.41, 5.74) is 7.19. The van der Waals surface area contributed by atoms with E-state index in [4.69, 9.17) is 10.5 Å². The van der Waals surface area contributed by atoms with E-state index in [1.165, 1.54) is 13.2 Å². The average molecular weight is 324 g/mol. The van der Waals surface area contributed by atoms with Gasteiger partial charge in [0.2, 0.25) is 0 Å². The minimum absolute atomic E-state index is 0.215. The van der Waals surface area contributed by atoms with Crippen molar-refractivity contribution >= 4 is 15.9 Å². The van der Waals surface area contributed by atoms with Crippen molar-refractivity contribution in [1.29, 1.82) is 0 Å². The lowest BCUT2D eigenvalue weighted by Crippen LogP contribution is -2.34. The van der Waals surface area contributed by atoms with Gasteiger partial charge in [0.1, 0.15) is 0 Å². The van der Waals surface area contributed by atoms with Crippen molar-refractivity contribution < 1.29 is 9.13 Å². The molecule has 1 unspecified atom stereocenters. The zero-order valence-electron chi connectivity index (χ0n) is 10.8. The molecule has 0 saturated heterocycles. The summed E-state index contributed by atoms with van der Waals surface area (Å²) < 4.78 is 19.6. The van der Waals surface area contributed by atoms with Gasteiger partial charge in [0.25, 0.3) is 0 Å². The van der Waals surface area contributed by atoms with E-state index in [-0.39, 0.29) is 5.75 Å². The van der Waals surface area contributed by atoms with Crippen LogP contribution in [0.2, 0.25) is 0 Å². The van der Waals surface area contributed by atoms with Crippen LogP contribution in [0.15, 0.2) is 46.9 Å². The fourth-order valence-electron chi connectivity index (χ4n) is 2.03. The number of ether oxygens (including phenoxy) is 1. The Morgan fingerprint density at radius 3 is 2.47 bits per heavy atom. The maximum absolute atomic E-state index is 13.8. The van der Waals surface area contributed by atoms with E-state index < -0.39 is 11.4 Å². The molecule has 19 heavy (non-hydrogen) atoms. The Balaban J connectivity index is 2.50. The van der Waals surface area contributed by atoms with Crippen LogP contribution in [0.3, 0.4) is 0 Å². The van der Waals surface area contributed by atoms with Crippen LogP contribution >= 0.6 is 15.9 Å². The summed E-state index contributed by atoms with van der Waals surface area (Å²) in [6.45, 7) is 1.86. The number of methoxy groups -OCH3 is 1. The Kier molecular flexibility index (Phi) is 3.92. The molecule has 0 fully saturated rings. The number of hydrogen-bond donors (Lipinski definition) is 1. The standard InChI is InChI=1S/C15H15BrFNO/c1-15(18,11-5-3-4-6-12(11)16)10-7-8-14(19-2)13(17)9-10/h3-9H,18H2,1-2H3. The molecule has 2 rings (SSSR count). The number of nitrogens with two attached hydrogens (primary N) is 1. The van der Waals surface area contributed by atoms with Gasteiger partial charge in [-0.1, -0.05) is 40.2 Å². The van der Waals surface area contributed by atoms with Crippen LogP contribution in [0.5, 0.6) is 5.75 Å². The molecule has 2 N–H and O–H groups in total. The summed E-state index contributed by atoms with van der Waals surface area (Å²) in [5.74, 6) is -0.199. The van der Waals surface area contributed by atoms with Crippen LogP contribution in [-0.2, 0) is 5.54 Å². The van der Waals surface area contributed by atoms with Gasteiger partial charge in [0.05, 0.1) is 12.6 Å². The van der Waals surface area contributed by atoms with Gasteiger partial charge in [-0.3, -0.25) is 0 Å². The van der Waals surface area contributed by atoms with Crippen LogP contribution in [0.4, 0.5) is 4.39 Å². The van der Waals surface area contributed by atoms with E-state index in [1.54, 1.807) is 12.1 Å². The third kappa shape index (κ3) is 2.65. The van der Waals surface area contributed by atoms with Crippen LogP contribution in [0.1, 0.15) is 18.1 Å². The second kappa shape index (κ2) is 5.31. The first-order chi connectivity index (χ1) is 8.96. The van der Waals surface area contributed by atoms with E-state index >= 15 is 0 Å². The Morgan fingerprint density at radius 1 is 1.21 bits per heavy atom. The van der Waals surface area contributed by atoms with Gasteiger partial charge in [-0.05, 0) is 36.2 Å². The quantitative estimate of drug-likeness (QED) is 0.931.